The first-order valence-corrected chi connectivity index (χ1v) is 5.03. The Balaban J connectivity index is 2.28. The van der Waals surface area contributed by atoms with Gasteiger partial charge in [-0.3, -0.25) is 0 Å². The number of rotatable bonds is 0. The van der Waals surface area contributed by atoms with Crippen LogP contribution in [0.5, 0.6) is 0 Å². The number of benzene rings is 2. The van der Waals surface area contributed by atoms with Gasteiger partial charge in [0.05, 0.1) is 0 Å². The number of nitrogen functional groups attached to an aromatic ring is 1. The highest BCUT2D eigenvalue weighted by Crippen LogP contribution is 2.06. The van der Waals surface area contributed by atoms with Crippen LogP contribution in [0.3, 0.4) is 0 Å². The molecule has 0 fully saturated rings. The molecule has 0 radical (unpaired) electrons. The van der Waals surface area contributed by atoms with E-state index >= 15 is 0 Å². The minimum Gasteiger partial charge on any atom is -0.399 e. The molecule has 0 aromatic heterocycles. The van der Waals surface area contributed by atoms with Gasteiger partial charge in [0.15, 0.2) is 0 Å². The molecule has 2 aromatic carbocycles. The van der Waals surface area contributed by atoms with Gasteiger partial charge in [-0.15, -0.1) is 0 Å². The first-order valence-electron chi connectivity index (χ1n) is 5.03. The quantitative estimate of drug-likeness (QED) is 0.502. The highest BCUT2D eigenvalue weighted by Gasteiger charge is 1.91. The van der Waals surface area contributed by atoms with Gasteiger partial charge < -0.3 is 11.5 Å². The van der Waals surface area contributed by atoms with E-state index in [2.05, 4.69) is 17.6 Å². The van der Waals surface area contributed by atoms with Crippen LogP contribution in [0.15, 0.2) is 48.5 Å². The molecule has 0 atom stereocenters. The monoisotopic (exact) mass is 209 g/mol. The summed E-state index contributed by atoms with van der Waals surface area (Å²) in [6.07, 6.45) is 0. The average molecular weight is 209 g/mol. The van der Waals surface area contributed by atoms with Gasteiger partial charge in [-0.05, 0) is 30.3 Å². The number of anilines is 1. The van der Waals surface area contributed by atoms with Crippen molar-refractivity contribution in [3.63, 3.8) is 0 Å². The average Bonchev–Trinajstić information content (AvgIpc) is 2.27. The first kappa shape index (κ1) is 10.3. The summed E-state index contributed by atoms with van der Waals surface area (Å²) in [5, 5.41) is 0. The molecule has 0 saturated carbocycles. The fraction of sp³-hybridized carbons (Fsp3) is 0. The third kappa shape index (κ3) is 2.63. The lowest BCUT2D eigenvalue weighted by Gasteiger charge is -1.93. The van der Waals surface area contributed by atoms with Crippen LogP contribution in [0, 0.1) is 11.8 Å². The summed E-state index contributed by atoms with van der Waals surface area (Å²) in [6.45, 7) is 0. The van der Waals surface area contributed by atoms with Gasteiger partial charge in [0.2, 0.25) is 0 Å². The molecule has 2 heteroatoms. The van der Waals surface area contributed by atoms with Crippen LogP contribution in [0.2, 0.25) is 0 Å². The molecule has 0 unspecified atom stereocenters. The van der Waals surface area contributed by atoms with E-state index in [0.29, 0.717) is 0 Å². The molecule has 0 saturated heterocycles. The summed E-state index contributed by atoms with van der Waals surface area (Å²) >= 11 is 0. The largest absolute Gasteiger partial charge is 0.399 e. The zero-order valence-electron chi connectivity index (χ0n) is 8.90. The Labute approximate surface area is 94.9 Å². The lowest BCUT2D eigenvalue weighted by molar-refractivity contribution is -0.254. The van der Waals surface area contributed by atoms with E-state index in [1.165, 1.54) is 0 Å². The Kier molecular flexibility index (Phi) is 2.90. The van der Waals surface area contributed by atoms with Gasteiger partial charge in [0.25, 0.3) is 0 Å². The maximum Gasteiger partial charge on any atom is 0.129 e. The van der Waals surface area contributed by atoms with Crippen LogP contribution in [0.4, 0.5) is 11.4 Å². The fourth-order valence-electron chi connectivity index (χ4n) is 1.41. The number of quaternary nitrogens is 1. The van der Waals surface area contributed by atoms with Crippen molar-refractivity contribution < 1.29 is 5.73 Å². The van der Waals surface area contributed by atoms with E-state index in [4.69, 9.17) is 5.73 Å². The molecule has 0 aliphatic carbocycles. The molecule has 0 spiro atoms. The molecule has 0 amide bonds. The van der Waals surface area contributed by atoms with Crippen molar-refractivity contribution >= 4 is 11.4 Å². The van der Waals surface area contributed by atoms with Crippen LogP contribution in [-0.2, 0) is 0 Å². The topological polar surface area (TPSA) is 53.7 Å². The van der Waals surface area contributed by atoms with Crippen LogP contribution < -0.4 is 11.5 Å². The fourth-order valence-corrected chi connectivity index (χ4v) is 1.41. The van der Waals surface area contributed by atoms with E-state index in [-0.39, 0.29) is 0 Å². The van der Waals surface area contributed by atoms with Crippen molar-refractivity contribution in [2.45, 2.75) is 0 Å². The zero-order chi connectivity index (χ0) is 11.4. The Morgan fingerprint density at radius 1 is 0.875 bits per heavy atom. The SMILES string of the molecule is Nc1cccc(C#Cc2cccc([NH3+])c2)c1. The lowest BCUT2D eigenvalue weighted by atomic mass is 10.1. The molecule has 0 aliphatic rings. The number of nitrogens with two attached hydrogens (primary N) is 1. The molecule has 5 N–H and O–H groups in total. The summed E-state index contributed by atoms with van der Waals surface area (Å²) in [4.78, 5) is 0. The minimum absolute atomic E-state index is 0.734. The van der Waals surface area contributed by atoms with E-state index in [9.17, 15) is 0 Å². The summed E-state index contributed by atoms with van der Waals surface area (Å²) in [7, 11) is 0. The van der Waals surface area contributed by atoms with Gasteiger partial charge in [0, 0.05) is 22.9 Å². The van der Waals surface area contributed by atoms with E-state index in [1.807, 2.05) is 48.5 Å². The van der Waals surface area contributed by atoms with Gasteiger partial charge >= 0.3 is 0 Å². The van der Waals surface area contributed by atoms with Crippen molar-refractivity contribution in [2.24, 2.45) is 0 Å². The second-order valence-corrected chi connectivity index (χ2v) is 3.58. The highest BCUT2D eigenvalue weighted by atomic mass is 14.5. The standard InChI is InChI=1S/C14H12N2/c15-13-5-1-3-11(9-13)7-8-12-4-2-6-14(16)10-12/h1-6,9-10H,15-16H2/p+1. The molecule has 78 valence electrons. The smallest absolute Gasteiger partial charge is 0.129 e. The predicted octanol–water partition coefficient (Wildman–Crippen LogP) is 1.54. The van der Waals surface area contributed by atoms with Crippen molar-refractivity contribution in [3.8, 4) is 11.8 Å². The maximum atomic E-state index is 5.67. The Morgan fingerprint density at radius 3 is 2.12 bits per heavy atom. The molecule has 0 heterocycles. The maximum absolute atomic E-state index is 5.67. The summed E-state index contributed by atoms with van der Waals surface area (Å²) in [5.74, 6) is 6.15. The van der Waals surface area contributed by atoms with Crippen LogP contribution >= 0.6 is 0 Å². The third-order valence-electron chi connectivity index (χ3n) is 2.16. The molecule has 16 heavy (non-hydrogen) atoms. The Hall–Kier alpha value is -2.24. The minimum atomic E-state index is 0.734. The van der Waals surface area contributed by atoms with Gasteiger partial charge in [-0.2, -0.15) is 0 Å². The second-order valence-electron chi connectivity index (χ2n) is 3.58. The number of hydrogen-bond donors (Lipinski definition) is 2. The van der Waals surface area contributed by atoms with Crippen molar-refractivity contribution in [2.75, 3.05) is 5.73 Å². The molecule has 2 nitrogen and oxygen atoms in total. The summed E-state index contributed by atoms with van der Waals surface area (Å²) in [5.41, 5.74) is 13.1. The first-order chi connectivity index (χ1) is 7.74. The summed E-state index contributed by atoms with van der Waals surface area (Å²) < 4.78 is 0. The number of hydrogen-bond acceptors (Lipinski definition) is 1. The lowest BCUT2D eigenvalue weighted by Crippen LogP contribution is -2.39. The zero-order valence-corrected chi connectivity index (χ0v) is 8.90. The van der Waals surface area contributed by atoms with Gasteiger partial charge in [0.1, 0.15) is 5.69 Å². The normalized spacial score (nSPS) is 9.31. The third-order valence-corrected chi connectivity index (χ3v) is 2.16. The van der Waals surface area contributed by atoms with Crippen molar-refractivity contribution in [1.29, 1.82) is 0 Å². The molecular formula is C14H13N2+. The molecular weight excluding hydrogens is 196 g/mol. The molecule has 0 aliphatic heterocycles. The summed E-state index contributed by atoms with van der Waals surface area (Å²) in [6, 6.07) is 15.4. The Morgan fingerprint density at radius 2 is 1.50 bits per heavy atom. The van der Waals surface area contributed by atoms with Crippen molar-refractivity contribution in [1.82, 2.24) is 0 Å². The van der Waals surface area contributed by atoms with E-state index in [0.717, 1.165) is 22.5 Å². The molecule has 0 bridgehead atoms. The second kappa shape index (κ2) is 4.52. The predicted molar refractivity (Wildman–Crippen MR) is 65.8 cm³/mol. The van der Waals surface area contributed by atoms with E-state index < -0.39 is 0 Å². The van der Waals surface area contributed by atoms with Crippen LogP contribution in [0.25, 0.3) is 0 Å². The Bertz CT molecular complexity index is 513. The van der Waals surface area contributed by atoms with Crippen LogP contribution in [-0.4, -0.2) is 0 Å². The molecule has 2 aromatic rings. The highest BCUT2D eigenvalue weighted by molar-refractivity contribution is 5.50. The van der Waals surface area contributed by atoms with Gasteiger partial charge in [-0.1, -0.05) is 24.0 Å². The van der Waals surface area contributed by atoms with Crippen molar-refractivity contribution in [3.05, 3.63) is 59.7 Å². The van der Waals surface area contributed by atoms with Gasteiger partial charge in [-0.25, -0.2) is 0 Å². The van der Waals surface area contributed by atoms with E-state index in [1.54, 1.807) is 0 Å². The molecule has 2 rings (SSSR count). The van der Waals surface area contributed by atoms with Crippen LogP contribution in [0.1, 0.15) is 11.1 Å².